The number of nitrogens with zero attached hydrogens (tertiary/aromatic N) is 2. The summed E-state index contributed by atoms with van der Waals surface area (Å²) in [5.41, 5.74) is 2.33. The third-order valence-electron chi connectivity index (χ3n) is 6.13. The number of amides is 2. The summed E-state index contributed by atoms with van der Waals surface area (Å²) >= 11 is 0. The van der Waals surface area contributed by atoms with E-state index < -0.39 is 28.5 Å². The molecule has 0 heterocycles. The Morgan fingerprint density at radius 1 is 0.892 bits per heavy atom. The number of hydrogen-bond donors (Lipinski definition) is 1. The summed E-state index contributed by atoms with van der Waals surface area (Å²) in [6.07, 6.45) is 1.31. The second-order valence-corrected chi connectivity index (χ2v) is 10.8. The zero-order chi connectivity index (χ0) is 26.8. The van der Waals surface area contributed by atoms with Crippen molar-refractivity contribution in [2.45, 2.75) is 44.6 Å². The van der Waals surface area contributed by atoms with E-state index in [0.717, 1.165) is 21.9 Å². The second kappa shape index (κ2) is 13.1. The van der Waals surface area contributed by atoms with E-state index in [1.54, 1.807) is 61.5 Å². The largest absolute Gasteiger partial charge is 0.354 e. The third kappa shape index (κ3) is 7.43. The van der Waals surface area contributed by atoms with Crippen LogP contribution in [0.5, 0.6) is 0 Å². The molecule has 7 nitrogen and oxygen atoms in total. The quantitative estimate of drug-likeness (QED) is 0.388. The van der Waals surface area contributed by atoms with E-state index in [0.29, 0.717) is 18.7 Å². The molecule has 1 N–H and O–H groups in total. The Hall–Kier alpha value is -3.65. The molecule has 0 unspecified atom stereocenters. The van der Waals surface area contributed by atoms with Gasteiger partial charge in [0.15, 0.2) is 0 Å². The fraction of sp³-hybridized carbons (Fsp3) is 0.310. The minimum Gasteiger partial charge on any atom is -0.354 e. The molecule has 3 rings (SSSR count). The van der Waals surface area contributed by atoms with Crippen LogP contribution < -0.4 is 9.62 Å². The molecular formula is C29H35N3O4S. The van der Waals surface area contributed by atoms with Crippen LogP contribution in [0.15, 0.2) is 89.8 Å². The van der Waals surface area contributed by atoms with Gasteiger partial charge in [0.2, 0.25) is 11.8 Å². The molecule has 37 heavy (non-hydrogen) atoms. The third-order valence-corrected chi connectivity index (χ3v) is 7.92. The smallest absolute Gasteiger partial charge is 0.264 e. The van der Waals surface area contributed by atoms with Crippen LogP contribution in [0.2, 0.25) is 0 Å². The number of carbonyl (C=O) groups is 2. The van der Waals surface area contributed by atoms with E-state index in [9.17, 15) is 18.0 Å². The Labute approximate surface area is 220 Å². The topological polar surface area (TPSA) is 86.8 Å². The number of anilines is 1. The zero-order valence-electron chi connectivity index (χ0n) is 21.6. The molecule has 8 heteroatoms. The average molecular weight is 522 g/mol. The Morgan fingerprint density at radius 2 is 1.49 bits per heavy atom. The van der Waals surface area contributed by atoms with Crippen molar-refractivity contribution in [2.24, 2.45) is 0 Å². The number of nitrogens with one attached hydrogen (secondary N) is 1. The molecule has 2 amide bonds. The Balaban J connectivity index is 1.93. The van der Waals surface area contributed by atoms with Crippen molar-refractivity contribution < 1.29 is 18.0 Å². The molecule has 0 saturated carbocycles. The molecule has 0 aliphatic heterocycles. The standard InChI is InChI=1S/C29H35N3O4S/c1-4-20-30-29(34)24(3)31(21-19-25-11-7-5-8-12-25)28(33)22-32(26-13-9-6-10-14-26)37(35,36)27-17-15-23(2)16-18-27/h5-18,24H,4,19-22H2,1-3H3,(H,30,34)/t24-/m0/s1. The van der Waals surface area contributed by atoms with Crippen LogP contribution in [0.25, 0.3) is 0 Å². The molecule has 0 spiro atoms. The number of para-hydroxylation sites is 1. The van der Waals surface area contributed by atoms with Gasteiger partial charge in [-0.3, -0.25) is 13.9 Å². The van der Waals surface area contributed by atoms with Crippen LogP contribution in [-0.4, -0.2) is 50.8 Å². The predicted molar refractivity (Wildman–Crippen MR) is 147 cm³/mol. The highest BCUT2D eigenvalue weighted by Crippen LogP contribution is 2.24. The fourth-order valence-corrected chi connectivity index (χ4v) is 5.34. The van der Waals surface area contributed by atoms with Crippen molar-refractivity contribution in [1.82, 2.24) is 10.2 Å². The summed E-state index contributed by atoms with van der Waals surface area (Å²) in [7, 11) is -4.04. The maximum absolute atomic E-state index is 13.7. The Kier molecular flexibility index (Phi) is 9.85. The van der Waals surface area contributed by atoms with Gasteiger partial charge in [-0.05, 0) is 56.5 Å². The highest BCUT2D eigenvalue weighted by Gasteiger charge is 2.32. The molecule has 3 aromatic carbocycles. The van der Waals surface area contributed by atoms with E-state index in [2.05, 4.69) is 5.32 Å². The molecule has 196 valence electrons. The lowest BCUT2D eigenvalue weighted by molar-refractivity contribution is -0.138. The van der Waals surface area contributed by atoms with E-state index in [4.69, 9.17) is 0 Å². The van der Waals surface area contributed by atoms with Crippen molar-refractivity contribution in [3.05, 3.63) is 96.1 Å². The van der Waals surface area contributed by atoms with E-state index in [1.165, 1.54) is 4.90 Å². The molecule has 0 aliphatic carbocycles. The highest BCUT2D eigenvalue weighted by atomic mass is 32.2. The molecule has 0 fully saturated rings. The zero-order valence-corrected chi connectivity index (χ0v) is 22.4. The lowest BCUT2D eigenvalue weighted by Crippen LogP contribution is -2.52. The lowest BCUT2D eigenvalue weighted by atomic mass is 10.1. The number of hydrogen-bond acceptors (Lipinski definition) is 4. The summed E-state index contributed by atoms with van der Waals surface area (Å²) < 4.78 is 28.5. The highest BCUT2D eigenvalue weighted by molar-refractivity contribution is 7.92. The molecule has 3 aromatic rings. The fourth-order valence-electron chi connectivity index (χ4n) is 3.93. The molecular weight excluding hydrogens is 486 g/mol. The molecule has 0 aromatic heterocycles. The van der Waals surface area contributed by atoms with Gasteiger partial charge < -0.3 is 10.2 Å². The predicted octanol–water partition coefficient (Wildman–Crippen LogP) is 4.18. The second-order valence-electron chi connectivity index (χ2n) is 8.95. The molecule has 0 radical (unpaired) electrons. The van der Waals surface area contributed by atoms with Crippen molar-refractivity contribution in [2.75, 3.05) is 23.9 Å². The van der Waals surface area contributed by atoms with Gasteiger partial charge in [-0.1, -0.05) is 73.2 Å². The summed E-state index contributed by atoms with van der Waals surface area (Å²) in [6.45, 7) is 5.86. The van der Waals surface area contributed by atoms with Crippen LogP contribution in [0.3, 0.4) is 0 Å². The first-order valence-corrected chi connectivity index (χ1v) is 13.9. The molecule has 0 saturated heterocycles. The van der Waals surface area contributed by atoms with Gasteiger partial charge in [-0.2, -0.15) is 0 Å². The van der Waals surface area contributed by atoms with Crippen molar-refractivity contribution in [1.29, 1.82) is 0 Å². The van der Waals surface area contributed by atoms with Gasteiger partial charge in [0.05, 0.1) is 10.6 Å². The number of aryl methyl sites for hydroxylation is 1. The maximum Gasteiger partial charge on any atom is 0.264 e. The maximum atomic E-state index is 13.7. The average Bonchev–Trinajstić information content (AvgIpc) is 2.91. The first-order chi connectivity index (χ1) is 17.7. The van der Waals surface area contributed by atoms with Gasteiger partial charge in [0.1, 0.15) is 12.6 Å². The van der Waals surface area contributed by atoms with Gasteiger partial charge in [0.25, 0.3) is 10.0 Å². The normalized spacial score (nSPS) is 12.0. The van der Waals surface area contributed by atoms with Crippen LogP contribution in [0, 0.1) is 6.92 Å². The molecule has 1 atom stereocenters. The summed E-state index contributed by atoms with van der Waals surface area (Å²) in [5.74, 6) is -0.717. The van der Waals surface area contributed by atoms with Crippen molar-refractivity contribution in [3.8, 4) is 0 Å². The monoisotopic (exact) mass is 521 g/mol. The van der Waals surface area contributed by atoms with Crippen molar-refractivity contribution in [3.63, 3.8) is 0 Å². The van der Waals surface area contributed by atoms with Gasteiger partial charge in [0, 0.05) is 13.1 Å². The first kappa shape index (κ1) is 27.9. The molecule has 0 aliphatic rings. The van der Waals surface area contributed by atoms with Gasteiger partial charge in [-0.25, -0.2) is 8.42 Å². The van der Waals surface area contributed by atoms with Crippen LogP contribution >= 0.6 is 0 Å². The van der Waals surface area contributed by atoms with Crippen molar-refractivity contribution >= 4 is 27.5 Å². The van der Waals surface area contributed by atoms with E-state index >= 15 is 0 Å². The Morgan fingerprint density at radius 3 is 2.08 bits per heavy atom. The number of carbonyl (C=O) groups excluding carboxylic acids is 2. The summed E-state index contributed by atoms with van der Waals surface area (Å²) in [5, 5.41) is 2.85. The molecule has 0 bridgehead atoms. The van der Waals surface area contributed by atoms with Crippen LogP contribution in [0.4, 0.5) is 5.69 Å². The number of benzene rings is 3. The SMILES string of the molecule is CCCNC(=O)[C@H](C)N(CCc1ccccc1)C(=O)CN(c1ccccc1)S(=O)(=O)c1ccc(C)cc1. The number of rotatable bonds is 12. The number of sulfonamides is 1. The van der Waals surface area contributed by atoms with E-state index in [1.807, 2.05) is 44.2 Å². The summed E-state index contributed by atoms with van der Waals surface area (Å²) in [4.78, 5) is 28.1. The first-order valence-electron chi connectivity index (χ1n) is 12.5. The van der Waals surface area contributed by atoms with Gasteiger partial charge >= 0.3 is 0 Å². The van der Waals surface area contributed by atoms with Crippen LogP contribution in [0.1, 0.15) is 31.4 Å². The van der Waals surface area contributed by atoms with E-state index in [-0.39, 0.29) is 17.3 Å². The minimum atomic E-state index is -4.04. The lowest BCUT2D eigenvalue weighted by Gasteiger charge is -2.32. The van der Waals surface area contributed by atoms with Gasteiger partial charge in [-0.15, -0.1) is 0 Å². The Bertz CT molecular complexity index is 1260. The summed E-state index contributed by atoms with van der Waals surface area (Å²) in [6, 6.07) is 24.0. The minimum absolute atomic E-state index is 0.0966. The van der Waals surface area contributed by atoms with Crippen LogP contribution in [-0.2, 0) is 26.0 Å².